The zero-order valence-corrected chi connectivity index (χ0v) is 8.54. The molecule has 0 aliphatic carbocycles. The van der Waals surface area contributed by atoms with Crippen molar-refractivity contribution in [3.8, 4) is 5.75 Å². The van der Waals surface area contributed by atoms with E-state index in [0.717, 1.165) is 5.56 Å². The molecule has 0 heterocycles. The van der Waals surface area contributed by atoms with Gasteiger partial charge in [0.15, 0.2) is 0 Å². The van der Waals surface area contributed by atoms with Gasteiger partial charge in [0, 0.05) is 0 Å². The van der Waals surface area contributed by atoms with Crippen LogP contribution in [0.4, 0.5) is 3.89 Å². The van der Waals surface area contributed by atoms with Crippen LogP contribution < -0.4 is 9.92 Å². The highest BCUT2D eigenvalue weighted by atomic mass is 32.2. The quantitative estimate of drug-likeness (QED) is 0.752. The van der Waals surface area contributed by atoms with Crippen LogP contribution in [0.25, 0.3) is 0 Å². The van der Waals surface area contributed by atoms with Crippen molar-refractivity contribution < 1.29 is 18.0 Å². The van der Waals surface area contributed by atoms with E-state index in [1.165, 1.54) is 0 Å². The SMILES string of the molecule is NC(Cc1ccc(OSF)cc1)C(=O)O. The van der Waals surface area contributed by atoms with E-state index >= 15 is 0 Å². The van der Waals surface area contributed by atoms with Crippen molar-refractivity contribution in [3.63, 3.8) is 0 Å². The highest BCUT2D eigenvalue weighted by Crippen LogP contribution is 2.17. The Kier molecular flexibility index (Phi) is 4.38. The molecular weight excluding hydrogens is 221 g/mol. The number of hydrogen-bond donors (Lipinski definition) is 2. The van der Waals surface area contributed by atoms with E-state index in [4.69, 9.17) is 10.8 Å². The normalized spacial score (nSPS) is 12.1. The molecule has 6 heteroatoms. The molecule has 1 rings (SSSR count). The van der Waals surface area contributed by atoms with E-state index in [9.17, 15) is 8.68 Å². The highest BCUT2D eigenvalue weighted by Gasteiger charge is 2.11. The van der Waals surface area contributed by atoms with Gasteiger partial charge in [-0.2, -0.15) is 0 Å². The third-order valence-electron chi connectivity index (χ3n) is 1.82. The Balaban J connectivity index is 2.60. The van der Waals surface area contributed by atoms with E-state index in [0.29, 0.717) is 5.75 Å². The van der Waals surface area contributed by atoms with Gasteiger partial charge in [0.1, 0.15) is 11.8 Å². The molecule has 0 radical (unpaired) electrons. The molecule has 1 atom stereocenters. The van der Waals surface area contributed by atoms with Crippen molar-refractivity contribution in [1.29, 1.82) is 0 Å². The molecule has 0 aromatic heterocycles. The summed E-state index contributed by atoms with van der Waals surface area (Å²) in [6.45, 7) is 0. The Labute approximate surface area is 90.7 Å². The fourth-order valence-electron chi connectivity index (χ4n) is 1.06. The maximum atomic E-state index is 11.7. The Hall–Kier alpha value is -1.27. The lowest BCUT2D eigenvalue weighted by Gasteiger charge is -2.06. The minimum atomic E-state index is -1.05. The molecule has 0 aliphatic rings. The lowest BCUT2D eigenvalue weighted by Crippen LogP contribution is -2.32. The Morgan fingerprint density at radius 2 is 2.13 bits per heavy atom. The molecule has 82 valence electrons. The molecule has 0 amide bonds. The van der Waals surface area contributed by atoms with Crippen molar-refractivity contribution in [1.82, 2.24) is 0 Å². The summed E-state index contributed by atoms with van der Waals surface area (Å²) < 4.78 is 16.2. The first kappa shape index (κ1) is 11.8. The number of nitrogens with two attached hydrogens (primary N) is 1. The van der Waals surface area contributed by atoms with Crippen molar-refractivity contribution in [2.45, 2.75) is 12.5 Å². The summed E-state index contributed by atoms with van der Waals surface area (Å²) in [5.74, 6) is -0.676. The van der Waals surface area contributed by atoms with Gasteiger partial charge in [-0.1, -0.05) is 12.1 Å². The molecule has 1 aromatic rings. The second-order valence-corrected chi connectivity index (χ2v) is 3.23. The standard InChI is InChI=1S/C9H10FNO3S/c10-15-14-7-3-1-6(2-4-7)5-8(11)9(12)13/h1-4,8H,5,11H2,(H,12,13). The van der Waals surface area contributed by atoms with Gasteiger partial charge in [0.25, 0.3) is 12.4 Å². The number of carboxylic acids is 1. The molecule has 4 nitrogen and oxygen atoms in total. The van der Waals surface area contributed by atoms with E-state index < -0.39 is 12.0 Å². The lowest BCUT2D eigenvalue weighted by molar-refractivity contribution is -0.138. The largest absolute Gasteiger partial charge is 0.480 e. The summed E-state index contributed by atoms with van der Waals surface area (Å²) >= 11 is -0.239. The number of halogens is 1. The van der Waals surface area contributed by atoms with Crippen LogP contribution in [0.1, 0.15) is 5.56 Å². The fourth-order valence-corrected chi connectivity index (χ4v) is 1.24. The zero-order chi connectivity index (χ0) is 11.3. The number of aliphatic carboxylic acids is 1. The Bertz CT molecular complexity index is 331. The van der Waals surface area contributed by atoms with Gasteiger partial charge in [-0.05, 0) is 24.1 Å². The predicted octanol–water partition coefficient (Wildman–Crippen LogP) is 1.55. The van der Waals surface area contributed by atoms with Crippen LogP contribution >= 0.6 is 12.4 Å². The first-order valence-corrected chi connectivity index (χ1v) is 4.80. The molecule has 0 bridgehead atoms. The Morgan fingerprint density at radius 3 is 2.60 bits per heavy atom. The number of benzene rings is 1. The third kappa shape index (κ3) is 3.77. The molecule has 0 saturated heterocycles. The summed E-state index contributed by atoms with van der Waals surface area (Å²) in [7, 11) is 0. The van der Waals surface area contributed by atoms with Gasteiger partial charge >= 0.3 is 5.97 Å². The van der Waals surface area contributed by atoms with Gasteiger partial charge in [0.05, 0.1) is 0 Å². The minimum absolute atomic E-state index is 0.235. The zero-order valence-electron chi connectivity index (χ0n) is 7.72. The molecule has 3 N–H and O–H groups in total. The second kappa shape index (κ2) is 5.57. The molecule has 0 spiro atoms. The van der Waals surface area contributed by atoms with E-state index in [2.05, 4.69) is 4.18 Å². The van der Waals surface area contributed by atoms with Crippen molar-refractivity contribution in [3.05, 3.63) is 29.8 Å². The summed E-state index contributed by atoms with van der Waals surface area (Å²) in [5, 5.41) is 8.58. The van der Waals surface area contributed by atoms with Gasteiger partial charge in [-0.3, -0.25) is 4.79 Å². The van der Waals surface area contributed by atoms with E-state index in [1.54, 1.807) is 24.3 Å². The highest BCUT2D eigenvalue weighted by molar-refractivity contribution is 7.89. The fraction of sp³-hybridized carbons (Fsp3) is 0.222. The third-order valence-corrected chi connectivity index (χ3v) is 2.08. The molecule has 0 fully saturated rings. The lowest BCUT2D eigenvalue weighted by atomic mass is 10.1. The molecular formula is C9H10FNO3S. The second-order valence-electron chi connectivity index (χ2n) is 2.94. The van der Waals surface area contributed by atoms with Crippen molar-refractivity contribution >= 4 is 18.4 Å². The Morgan fingerprint density at radius 1 is 1.53 bits per heavy atom. The number of hydrogen-bond acceptors (Lipinski definition) is 4. The van der Waals surface area contributed by atoms with Crippen LogP contribution in [0, 0.1) is 0 Å². The summed E-state index contributed by atoms with van der Waals surface area (Å²) in [4.78, 5) is 10.5. The summed E-state index contributed by atoms with van der Waals surface area (Å²) in [6.07, 6.45) is 0.235. The summed E-state index contributed by atoms with van der Waals surface area (Å²) in [5.41, 5.74) is 6.12. The predicted molar refractivity (Wildman–Crippen MR) is 55.1 cm³/mol. The molecule has 1 aromatic carbocycles. The van der Waals surface area contributed by atoms with E-state index in [-0.39, 0.29) is 18.8 Å². The number of rotatable bonds is 5. The first-order valence-electron chi connectivity index (χ1n) is 4.16. The van der Waals surface area contributed by atoms with Gasteiger partial charge in [-0.25, -0.2) is 0 Å². The van der Waals surface area contributed by atoms with Gasteiger partial charge < -0.3 is 15.0 Å². The average molecular weight is 231 g/mol. The maximum absolute atomic E-state index is 11.7. The smallest absolute Gasteiger partial charge is 0.320 e. The van der Waals surface area contributed by atoms with Crippen LogP contribution in [-0.2, 0) is 11.2 Å². The first-order chi connectivity index (χ1) is 7.13. The topological polar surface area (TPSA) is 72.5 Å². The van der Waals surface area contributed by atoms with E-state index in [1.807, 2.05) is 0 Å². The number of carboxylic acid groups (broad SMARTS) is 1. The van der Waals surface area contributed by atoms with Crippen molar-refractivity contribution in [2.75, 3.05) is 0 Å². The van der Waals surface area contributed by atoms with Gasteiger partial charge in [-0.15, -0.1) is 3.89 Å². The monoisotopic (exact) mass is 231 g/mol. The van der Waals surface area contributed by atoms with Crippen LogP contribution in [0.15, 0.2) is 24.3 Å². The maximum Gasteiger partial charge on any atom is 0.320 e. The summed E-state index contributed by atoms with van der Waals surface area (Å²) in [6, 6.07) is 5.47. The minimum Gasteiger partial charge on any atom is -0.480 e. The average Bonchev–Trinajstić information content (AvgIpc) is 2.21. The van der Waals surface area contributed by atoms with Crippen LogP contribution in [-0.4, -0.2) is 17.1 Å². The van der Waals surface area contributed by atoms with Crippen LogP contribution in [0.3, 0.4) is 0 Å². The van der Waals surface area contributed by atoms with Crippen LogP contribution in [0.2, 0.25) is 0 Å². The molecule has 1 unspecified atom stereocenters. The van der Waals surface area contributed by atoms with Crippen molar-refractivity contribution in [2.24, 2.45) is 5.73 Å². The molecule has 15 heavy (non-hydrogen) atoms. The molecule has 0 aliphatic heterocycles. The van der Waals surface area contributed by atoms with Gasteiger partial charge in [0.2, 0.25) is 0 Å². The number of carbonyl (C=O) groups is 1. The van der Waals surface area contributed by atoms with Crippen LogP contribution in [0.5, 0.6) is 5.75 Å². The molecule has 0 saturated carbocycles.